The van der Waals surface area contributed by atoms with Gasteiger partial charge in [0.2, 0.25) is 5.91 Å². The summed E-state index contributed by atoms with van der Waals surface area (Å²) in [6.07, 6.45) is 0.167. The van der Waals surface area contributed by atoms with E-state index in [-0.39, 0.29) is 24.6 Å². The van der Waals surface area contributed by atoms with E-state index in [1.807, 2.05) is 32.0 Å². The number of aryl methyl sites for hydroxylation is 3. The lowest BCUT2D eigenvalue weighted by Gasteiger charge is -2.10. The molecule has 0 unspecified atom stereocenters. The van der Waals surface area contributed by atoms with Crippen molar-refractivity contribution in [3.63, 3.8) is 0 Å². The molecule has 1 N–H and O–H groups in total. The molecule has 0 spiro atoms. The second-order valence-electron chi connectivity index (χ2n) is 5.40. The second kappa shape index (κ2) is 7.07. The average molecular weight is 301 g/mol. The van der Waals surface area contributed by atoms with Crippen LogP contribution in [0.4, 0.5) is 10.1 Å². The Kier molecular flexibility index (Phi) is 5.15. The van der Waals surface area contributed by atoms with E-state index in [0.29, 0.717) is 0 Å². The van der Waals surface area contributed by atoms with Gasteiger partial charge in [0.25, 0.3) is 0 Å². The van der Waals surface area contributed by atoms with E-state index in [2.05, 4.69) is 5.32 Å². The number of amides is 1. The highest BCUT2D eigenvalue weighted by Crippen LogP contribution is 2.19. The summed E-state index contributed by atoms with van der Waals surface area (Å²) in [6, 6.07) is 10.6. The molecular weight excluding hydrogens is 281 g/mol. The van der Waals surface area contributed by atoms with Crippen molar-refractivity contribution < 1.29 is 13.9 Å². The molecule has 1 amide bonds. The molecule has 4 heteroatoms. The van der Waals surface area contributed by atoms with E-state index in [4.69, 9.17) is 4.74 Å². The van der Waals surface area contributed by atoms with Crippen LogP contribution in [0.3, 0.4) is 0 Å². The predicted octanol–water partition coefficient (Wildman–Crippen LogP) is 4.16. The largest absolute Gasteiger partial charge is 0.493 e. The van der Waals surface area contributed by atoms with E-state index in [0.717, 1.165) is 22.4 Å². The molecule has 0 bridgehead atoms. The lowest BCUT2D eigenvalue weighted by Crippen LogP contribution is -2.16. The van der Waals surface area contributed by atoms with Gasteiger partial charge in [-0.1, -0.05) is 18.2 Å². The Bertz CT molecular complexity index is 683. The highest BCUT2D eigenvalue weighted by atomic mass is 19.1. The maximum atomic E-state index is 13.6. The van der Waals surface area contributed by atoms with E-state index < -0.39 is 5.82 Å². The van der Waals surface area contributed by atoms with Crippen LogP contribution in [0.15, 0.2) is 36.4 Å². The average Bonchev–Trinajstić information content (AvgIpc) is 2.46. The Morgan fingerprint density at radius 2 is 1.77 bits per heavy atom. The summed E-state index contributed by atoms with van der Waals surface area (Å²) in [5.41, 5.74) is 3.14. The smallest absolute Gasteiger partial charge is 0.227 e. The van der Waals surface area contributed by atoms with Crippen LogP contribution >= 0.6 is 0 Å². The molecule has 0 saturated heterocycles. The highest BCUT2D eigenvalue weighted by molar-refractivity contribution is 5.90. The minimum absolute atomic E-state index is 0.167. The van der Waals surface area contributed by atoms with Crippen molar-refractivity contribution in [1.82, 2.24) is 0 Å². The lowest BCUT2D eigenvalue weighted by atomic mass is 10.1. The van der Waals surface area contributed by atoms with Gasteiger partial charge in [-0.2, -0.15) is 0 Å². The maximum Gasteiger partial charge on any atom is 0.227 e. The molecule has 2 aromatic rings. The van der Waals surface area contributed by atoms with Crippen LogP contribution in [-0.4, -0.2) is 12.5 Å². The molecular formula is C18H20FNO2. The van der Waals surface area contributed by atoms with Gasteiger partial charge in [-0.3, -0.25) is 4.79 Å². The SMILES string of the molecule is Cc1ccc(NC(=O)CCOc2cc(C)ccc2C)c(F)c1. The number of ether oxygens (including phenoxy) is 1. The number of benzene rings is 2. The normalized spacial score (nSPS) is 10.4. The zero-order valence-electron chi connectivity index (χ0n) is 13.1. The van der Waals surface area contributed by atoms with Gasteiger partial charge in [0.15, 0.2) is 0 Å². The fourth-order valence-corrected chi connectivity index (χ4v) is 2.05. The molecule has 3 nitrogen and oxygen atoms in total. The van der Waals surface area contributed by atoms with Crippen LogP contribution in [-0.2, 0) is 4.79 Å². The first-order chi connectivity index (χ1) is 10.5. The van der Waals surface area contributed by atoms with Crippen LogP contribution in [0.5, 0.6) is 5.75 Å². The predicted molar refractivity (Wildman–Crippen MR) is 85.8 cm³/mol. The van der Waals surface area contributed by atoms with Crippen molar-refractivity contribution in [3.8, 4) is 5.75 Å². The molecule has 0 fully saturated rings. The Morgan fingerprint density at radius 1 is 1.09 bits per heavy atom. The summed E-state index contributed by atoms with van der Waals surface area (Å²) in [7, 11) is 0. The van der Waals surface area contributed by atoms with Crippen LogP contribution in [0, 0.1) is 26.6 Å². The van der Waals surface area contributed by atoms with Gasteiger partial charge in [0.1, 0.15) is 11.6 Å². The first kappa shape index (κ1) is 16.0. The van der Waals surface area contributed by atoms with Gasteiger partial charge in [-0.25, -0.2) is 4.39 Å². The quantitative estimate of drug-likeness (QED) is 0.900. The summed E-state index contributed by atoms with van der Waals surface area (Å²) in [6.45, 7) is 5.99. The molecule has 22 heavy (non-hydrogen) atoms. The molecule has 0 aromatic heterocycles. The van der Waals surface area contributed by atoms with Gasteiger partial charge in [0.05, 0.1) is 18.7 Å². The van der Waals surface area contributed by atoms with Crippen molar-refractivity contribution in [3.05, 3.63) is 58.9 Å². The Morgan fingerprint density at radius 3 is 2.50 bits per heavy atom. The maximum absolute atomic E-state index is 13.6. The number of carbonyl (C=O) groups is 1. The van der Waals surface area contributed by atoms with Gasteiger partial charge < -0.3 is 10.1 Å². The first-order valence-electron chi connectivity index (χ1n) is 7.22. The fraction of sp³-hybridized carbons (Fsp3) is 0.278. The van der Waals surface area contributed by atoms with Crippen LogP contribution < -0.4 is 10.1 Å². The Balaban J connectivity index is 1.86. The van der Waals surface area contributed by atoms with Gasteiger partial charge >= 0.3 is 0 Å². The third kappa shape index (κ3) is 4.32. The van der Waals surface area contributed by atoms with E-state index in [1.165, 1.54) is 6.07 Å². The molecule has 0 atom stereocenters. The minimum atomic E-state index is -0.427. The number of carbonyl (C=O) groups excluding carboxylic acids is 1. The minimum Gasteiger partial charge on any atom is -0.493 e. The molecule has 116 valence electrons. The summed E-state index contributed by atoms with van der Waals surface area (Å²) >= 11 is 0. The Hall–Kier alpha value is -2.36. The van der Waals surface area contributed by atoms with Crippen molar-refractivity contribution in [2.45, 2.75) is 27.2 Å². The van der Waals surface area contributed by atoms with Crippen LogP contribution in [0.2, 0.25) is 0 Å². The monoisotopic (exact) mass is 301 g/mol. The van der Waals surface area contributed by atoms with Crippen LogP contribution in [0.1, 0.15) is 23.1 Å². The second-order valence-corrected chi connectivity index (χ2v) is 5.40. The highest BCUT2D eigenvalue weighted by Gasteiger charge is 2.08. The number of rotatable bonds is 5. The number of nitrogens with one attached hydrogen (secondary N) is 1. The number of hydrogen-bond donors (Lipinski definition) is 1. The van der Waals surface area contributed by atoms with E-state index in [9.17, 15) is 9.18 Å². The molecule has 0 aliphatic carbocycles. The van der Waals surface area contributed by atoms with Crippen molar-refractivity contribution in [2.75, 3.05) is 11.9 Å². The summed E-state index contributed by atoms with van der Waals surface area (Å²) in [5.74, 6) is 0.0752. The number of hydrogen-bond acceptors (Lipinski definition) is 2. The summed E-state index contributed by atoms with van der Waals surface area (Å²) in [4.78, 5) is 11.8. The zero-order valence-corrected chi connectivity index (χ0v) is 13.1. The van der Waals surface area contributed by atoms with Crippen LogP contribution in [0.25, 0.3) is 0 Å². The third-order valence-electron chi connectivity index (χ3n) is 3.33. The third-order valence-corrected chi connectivity index (χ3v) is 3.33. The summed E-state index contributed by atoms with van der Waals surface area (Å²) < 4.78 is 19.3. The standard InChI is InChI=1S/C18H20FNO2/c1-12-5-7-16(15(19)10-12)20-18(21)8-9-22-17-11-13(2)4-6-14(17)3/h4-7,10-11H,8-9H2,1-3H3,(H,20,21). The zero-order chi connectivity index (χ0) is 16.1. The van der Waals surface area contributed by atoms with Gasteiger partial charge in [0, 0.05) is 0 Å². The number of anilines is 1. The Labute approximate surface area is 130 Å². The van der Waals surface area contributed by atoms with Crippen molar-refractivity contribution in [2.24, 2.45) is 0 Å². The number of halogens is 1. The molecule has 0 radical (unpaired) electrons. The topological polar surface area (TPSA) is 38.3 Å². The fourth-order valence-electron chi connectivity index (χ4n) is 2.05. The summed E-state index contributed by atoms with van der Waals surface area (Å²) in [5, 5.41) is 2.56. The molecule has 0 aliphatic heterocycles. The molecule has 0 heterocycles. The van der Waals surface area contributed by atoms with Gasteiger partial charge in [-0.15, -0.1) is 0 Å². The first-order valence-corrected chi connectivity index (χ1v) is 7.22. The molecule has 0 aliphatic rings. The molecule has 0 saturated carbocycles. The lowest BCUT2D eigenvalue weighted by molar-refractivity contribution is -0.116. The van der Waals surface area contributed by atoms with E-state index >= 15 is 0 Å². The van der Waals surface area contributed by atoms with Crippen molar-refractivity contribution in [1.29, 1.82) is 0 Å². The van der Waals surface area contributed by atoms with E-state index in [1.54, 1.807) is 19.1 Å². The van der Waals surface area contributed by atoms with Crippen molar-refractivity contribution >= 4 is 11.6 Å². The van der Waals surface area contributed by atoms with Gasteiger partial charge in [-0.05, 0) is 55.7 Å². The molecule has 2 aromatic carbocycles. The molecule has 2 rings (SSSR count).